The first kappa shape index (κ1) is 23.4. The third-order valence-electron chi connectivity index (χ3n) is 6.63. The summed E-state index contributed by atoms with van der Waals surface area (Å²) < 4.78 is 0. The van der Waals surface area contributed by atoms with Gasteiger partial charge in [-0.1, -0.05) is 31.4 Å². The van der Waals surface area contributed by atoms with Gasteiger partial charge in [0.15, 0.2) is 0 Å². The van der Waals surface area contributed by atoms with Gasteiger partial charge in [0.05, 0.1) is 4.92 Å². The van der Waals surface area contributed by atoms with E-state index in [0.717, 1.165) is 70.1 Å². The summed E-state index contributed by atoms with van der Waals surface area (Å²) in [5.74, 6) is 0.438. The number of carbonyl (C=O) groups is 2. The molecule has 31 heavy (non-hydrogen) atoms. The first-order valence-electron chi connectivity index (χ1n) is 11.8. The molecule has 0 aliphatic carbocycles. The molecular formula is C24H35N3O4. The minimum Gasteiger partial charge on any atom is -0.303 e. The van der Waals surface area contributed by atoms with Crippen LogP contribution in [0, 0.1) is 10.1 Å². The van der Waals surface area contributed by atoms with Gasteiger partial charge in [0.2, 0.25) is 11.8 Å². The number of amides is 2. The van der Waals surface area contributed by atoms with E-state index in [0.29, 0.717) is 25.3 Å². The molecule has 3 rings (SSSR count). The average Bonchev–Trinajstić information content (AvgIpc) is 2.94. The summed E-state index contributed by atoms with van der Waals surface area (Å²) in [4.78, 5) is 38.7. The SMILES string of the molecule is O=C1CCCCC(=O)N1CCCCCCCN1CCC(c2cccc([N+](=O)[O-])c2)CC1. The van der Waals surface area contributed by atoms with Crippen molar-refractivity contribution in [1.82, 2.24) is 9.80 Å². The van der Waals surface area contributed by atoms with Crippen molar-refractivity contribution in [2.75, 3.05) is 26.2 Å². The van der Waals surface area contributed by atoms with Crippen molar-refractivity contribution in [1.29, 1.82) is 0 Å². The summed E-state index contributed by atoms with van der Waals surface area (Å²) in [5.41, 5.74) is 1.28. The minimum absolute atomic E-state index is 0.0102. The Labute approximate surface area is 184 Å². The maximum atomic E-state index is 12.0. The molecule has 170 valence electrons. The van der Waals surface area contributed by atoms with Crippen LogP contribution in [-0.4, -0.2) is 52.7 Å². The summed E-state index contributed by atoms with van der Waals surface area (Å²) in [6.07, 6.45) is 10.3. The lowest BCUT2D eigenvalue weighted by molar-refractivity contribution is -0.384. The molecule has 2 saturated heterocycles. The van der Waals surface area contributed by atoms with Crippen molar-refractivity contribution in [2.45, 2.75) is 76.5 Å². The Morgan fingerprint density at radius 1 is 0.903 bits per heavy atom. The van der Waals surface area contributed by atoms with Gasteiger partial charge < -0.3 is 4.90 Å². The van der Waals surface area contributed by atoms with Crippen LogP contribution in [0.1, 0.15) is 82.1 Å². The van der Waals surface area contributed by atoms with E-state index in [4.69, 9.17) is 0 Å². The lowest BCUT2D eigenvalue weighted by Crippen LogP contribution is -2.35. The number of imide groups is 1. The summed E-state index contributed by atoms with van der Waals surface area (Å²) in [6.45, 7) is 3.78. The molecule has 0 aromatic heterocycles. The Balaban J connectivity index is 1.26. The monoisotopic (exact) mass is 429 g/mol. The number of nitro benzene ring substituents is 1. The Hall–Kier alpha value is -2.28. The lowest BCUT2D eigenvalue weighted by Gasteiger charge is -2.32. The fourth-order valence-corrected chi connectivity index (χ4v) is 4.73. The second-order valence-corrected chi connectivity index (χ2v) is 8.88. The number of likely N-dealkylation sites (tertiary alicyclic amines) is 2. The number of non-ortho nitro benzene ring substituents is 1. The topological polar surface area (TPSA) is 83.8 Å². The fourth-order valence-electron chi connectivity index (χ4n) is 4.73. The van der Waals surface area contributed by atoms with Crippen molar-refractivity contribution in [3.05, 3.63) is 39.9 Å². The van der Waals surface area contributed by atoms with Gasteiger partial charge in [-0.15, -0.1) is 0 Å². The van der Waals surface area contributed by atoms with Gasteiger partial charge in [0, 0.05) is 31.5 Å². The van der Waals surface area contributed by atoms with Crippen molar-refractivity contribution < 1.29 is 14.5 Å². The molecule has 2 heterocycles. The van der Waals surface area contributed by atoms with E-state index < -0.39 is 0 Å². The van der Waals surface area contributed by atoms with Crippen molar-refractivity contribution >= 4 is 17.5 Å². The zero-order chi connectivity index (χ0) is 22.1. The molecule has 0 atom stereocenters. The van der Waals surface area contributed by atoms with Gasteiger partial charge in [-0.05, 0) is 69.6 Å². The van der Waals surface area contributed by atoms with Gasteiger partial charge in [0.25, 0.3) is 5.69 Å². The maximum absolute atomic E-state index is 12.0. The molecule has 1 aromatic rings. The second kappa shape index (κ2) is 11.9. The predicted octanol–water partition coefficient (Wildman–Crippen LogP) is 4.65. The third-order valence-corrected chi connectivity index (χ3v) is 6.63. The highest BCUT2D eigenvalue weighted by Crippen LogP contribution is 2.30. The molecule has 2 fully saturated rings. The van der Waals surface area contributed by atoms with Crippen molar-refractivity contribution in [3.63, 3.8) is 0 Å². The molecule has 0 spiro atoms. The molecule has 2 aliphatic rings. The second-order valence-electron chi connectivity index (χ2n) is 8.88. The van der Waals surface area contributed by atoms with E-state index in [2.05, 4.69) is 4.90 Å². The molecule has 0 bridgehead atoms. The Morgan fingerprint density at radius 3 is 2.16 bits per heavy atom. The number of nitrogens with zero attached hydrogens (tertiary/aromatic N) is 3. The first-order valence-corrected chi connectivity index (χ1v) is 11.8. The zero-order valence-electron chi connectivity index (χ0n) is 18.5. The van der Waals surface area contributed by atoms with E-state index >= 15 is 0 Å². The number of nitro groups is 1. The minimum atomic E-state index is -0.317. The number of unbranched alkanes of at least 4 members (excludes halogenated alkanes) is 4. The van der Waals surface area contributed by atoms with Gasteiger partial charge in [-0.25, -0.2) is 0 Å². The highest BCUT2D eigenvalue weighted by molar-refractivity contribution is 5.95. The molecular weight excluding hydrogens is 394 g/mol. The maximum Gasteiger partial charge on any atom is 0.269 e. The number of rotatable bonds is 10. The largest absolute Gasteiger partial charge is 0.303 e. The van der Waals surface area contributed by atoms with Crippen LogP contribution >= 0.6 is 0 Å². The number of benzene rings is 1. The van der Waals surface area contributed by atoms with Crippen molar-refractivity contribution in [2.24, 2.45) is 0 Å². The predicted molar refractivity (Wildman–Crippen MR) is 120 cm³/mol. The van der Waals surface area contributed by atoms with E-state index in [9.17, 15) is 19.7 Å². The summed E-state index contributed by atoms with van der Waals surface area (Å²) >= 11 is 0. The molecule has 7 heteroatoms. The molecule has 2 amide bonds. The Bertz CT molecular complexity index is 741. The van der Waals surface area contributed by atoms with Gasteiger partial charge in [0.1, 0.15) is 0 Å². The molecule has 1 aromatic carbocycles. The van der Waals surface area contributed by atoms with E-state index in [1.165, 1.54) is 17.7 Å². The zero-order valence-corrected chi connectivity index (χ0v) is 18.5. The van der Waals surface area contributed by atoms with Gasteiger partial charge in [-0.2, -0.15) is 0 Å². The first-order chi connectivity index (χ1) is 15.0. The normalized spacial score (nSPS) is 18.9. The molecule has 0 unspecified atom stereocenters. The fraction of sp³-hybridized carbons (Fsp3) is 0.667. The number of hydrogen-bond donors (Lipinski definition) is 0. The lowest BCUT2D eigenvalue weighted by atomic mass is 9.89. The standard InChI is InChI=1S/C24H35N3O4/c28-23-11-4-5-12-24(29)26(23)16-7-3-1-2-6-15-25-17-13-20(14-18-25)21-9-8-10-22(19-21)27(30)31/h8-10,19-20H,1-7,11-18H2. The summed E-state index contributed by atoms with van der Waals surface area (Å²) in [7, 11) is 0. The summed E-state index contributed by atoms with van der Waals surface area (Å²) in [5, 5.41) is 11.0. The van der Waals surface area contributed by atoms with Crippen LogP contribution < -0.4 is 0 Å². The molecule has 7 nitrogen and oxygen atoms in total. The Morgan fingerprint density at radius 2 is 1.52 bits per heavy atom. The number of carbonyl (C=O) groups excluding carboxylic acids is 2. The van der Waals surface area contributed by atoms with Crippen molar-refractivity contribution in [3.8, 4) is 0 Å². The molecule has 0 saturated carbocycles. The van der Waals surface area contributed by atoms with Crippen LogP contribution in [0.5, 0.6) is 0 Å². The number of piperidine rings is 1. The van der Waals surface area contributed by atoms with E-state index in [1.54, 1.807) is 18.2 Å². The van der Waals surface area contributed by atoms with E-state index in [-0.39, 0.29) is 22.4 Å². The van der Waals surface area contributed by atoms with E-state index in [1.807, 2.05) is 6.07 Å². The highest BCUT2D eigenvalue weighted by atomic mass is 16.6. The molecule has 0 N–H and O–H groups in total. The quantitative estimate of drug-likeness (QED) is 0.234. The van der Waals surface area contributed by atoms with Gasteiger partial charge in [-0.3, -0.25) is 24.6 Å². The van der Waals surface area contributed by atoms with Crippen LogP contribution in [0.25, 0.3) is 0 Å². The molecule has 0 radical (unpaired) electrons. The van der Waals surface area contributed by atoms with Crippen LogP contribution in [0.4, 0.5) is 5.69 Å². The van der Waals surface area contributed by atoms with Crippen LogP contribution in [0.2, 0.25) is 0 Å². The number of hydrogen-bond acceptors (Lipinski definition) is 5. The van der Waals surface area contributed by atoms with Crippen LogP contribution in [0.15, 0.2) is 24.3 Å². The van der Waals surface area contributed by atoms with Crippen LogP contribution in [0.3, 0.4) is 0 Å². The van der Waals surface area contributed by atoms with Crippen LogP contribution in [-0.2, 0) is 9.59 Å². The van der Waals surface area contributed by atoms with Gasteiger partial charge >= 0.3 is 0 Å². The Kier molecular flexibility index (Phi) is 9.00. The molecule has 2 aliphatic heterocycles. The average molecular weight is 430 g/mol. The highest BCUT2D eigenvalue weighted by Gasteiger charge is 2.23. The smallest absolute Gasteiger partial charge is 0.269 e. The summed E-state index contributed by atoms with van der Waals surface area (Å²) in [6, 6.07) is 7.09. The third kappa shape index (κ3) is 7.13.